The number of hydrogen-bond acceptors (Lipinski definition) is 3. The van der Waals surface area contributed by atoms with E-state index in [-0.39, 0.29) is 5.91 Å². The molecular weight excluding hydrogens is 214 g/mol. The van der Waals surface area contributed by atoms with Crippen molar-refractivity contribution in [2.75, 3.05) is 18.1 Å². The van der Waals surface area contributed by atoms with Crippen LogP contribution in [0.3, 0.4) is 0 Å². The Morgan fingerprint density at radius 2 is 2.12 bits per heavy atom. The van der Waals surface area contributed by atoms with E-state index in [0.717, 1.165) is 12.1 Å². The summed E-state index contributed by atoms with van der Waals surface area (Å²) in [5, 5.41) is 5.99. The molecule has 2 rings (SSSR count). The first-order valence-corrected chi connectivity index (χ1v) is 5.82. The minimum Gasteiger partial charge on any atom is -0.397 e. The van der Waals surface area contributed by atoms with E-state index in [1.165, 1.54) is 0 Å². The minimum atomic E-state index is -0.0943. The van der Waals surface area contributed by atoms with Gasteiger partial charge in [0.25, 0.3) is 5.91 Å². The second-order valence-corrected chi connectivity index (χ2v) is 5.27. The molecule has 1 unspecified atom stereocenters. The quantitative estimate of drug-likeness (QED) is 0.698. The van der Waals surface area contributed by atoms with E-state index in [0.29, 0.717) is 22.7 Å². The van der Waals surface area contributed by atoms with Gasteiger partial charge < -0.3 is 16.4 Å². The smallest absolute Gasteiger partial charge is 0.251 e. The van der Waals surface area contributed by atoms with Gasteiger partial charge in [0.05, 0.1) is 11.4 Å². The highest BCUT2D eigenvalue weighted by Crippen LogP contribution is 2.47. The predicted octanol–water partition coefficient (Wildman–Crippen LogP) is 1.84. The van der Waals surface area contributed by atoms with E-state index in [4.69, 9.17) is 5.73 Å². The minimum absolute atomic E-state index is 0.0943. The first-order valence-electron chi connectivity index (χ1n) is 5.82. The van der Waals surface area contributed by atoms with Gasteiger partial charge in [-0.15, -0.1) is 0 Å². The summed E-state index contributed by atoms with van der Waals surface area (Å²) in [7, 11) is 1.62. The molecule has 92 valence electrons. The van der Waals surface area contributed by atoms with Crippen molar-refractivity contribution >= 4 is 17.3 Å². The Kier molecular flexibility index (Phi) is 2.73. The number of nitrogens with two attached hydrogens (primary N) is 1. The Morgan fingerprint density at radius 1 is 1.47 bits per heavy atom. The van der Waals surface area contributed by atoms with Crippen LogP contribution in [0.25, 0.3) is 0 Å². The molecule has 1 aliphatic rings. The van der Waals surface area contributed by atoms with Gasteiger partial charge >= 0.3 is 0 Å². The van der Waals surface area contributed by atoms with E-state index >= 15 is 0 Å². The lowest BCUT2D eigenvalue weighted by Crippen LogP contribution is -2.18. The number of carbonyl (C=O) groups excluding carboxylic acids is 1. The van der Waals surface area contributed by atoms with Crippen molar-refractivity contribution in [1.29, 1.82) is 0 Å². The molecule has 1 saturated carbocycles. The van der Waals surface area contributed by atoms with E-state index in [2.05, 4.69) is 24.5 Å². The fourth-order valence-corrected chi connectivity index (χ4v) is 1.87. The van der Waals surface area contributed by atoms with Crippen molar-refractivity contribution in [3.8, 4) is 0 Å². The molecule has 1 fully saturated rings. The van der Waals surface area contributed by atoms with Gasteiger partial charge in [-0.1, -0.05) is 13.8 Å². The van der Waals surface area contributed by atoms with Gasteiger partial charge in [-0.25, -0.2) is 0 Å². The van der Waals surface area contributed by atoms with Gasteiger partial charge in [0.1, 0.15) is 0 Å². The van der Waals surface area contributed by atoms with E-state index < -0.39 is 0 Å². The zero-order valence-corrected chi connectivity index (χ0v) is 10.5. The van der Waals surface area contributed by atoms with Crippen LogP contribution in [0.2, 0.25) is 0 Å². The van der Waals surface area contributed by atoms with Crippen LogP contribution in [-0.4, -0.2) is 19.0 Å². The van der Waals surface area contributed by atoms with Crippen LogP contribution in [-0.2, 0) is 0 Å². The number of amides is 1. The van der Waals surface area contributed by atoms with Crippen molar-refractivity contribution in [2.24, 2.45) is 5.41 Å². The average Bonchev–Trinajstić information content (AvgIpc) is 2.88. The summed E-state index contributed by atoms with van der Waals surface area (Å²) in [5.74, 6) is -0.0943. The van der Waals surface area contributed by atoms with Gasteiger partial charge in [0, 0.05) is 18.7 Å². The van der Waals surface area contributed by atoms with Crippen molar-refractivity contribution in [3.05, 3.63) is 23.8 Å². The number of anilines is 2. The third kappa shape index (κ3) is 2.35. The van der Waals surface area contributed by atoms with Gasteiger partial charge in [0.15, 0.2) is 0 Å². The first-order chi connectivity index (χ1) is 7.94. The molecule has 0 aromatic heterocycles. The molecule has 1 aliphatic carbocycles. The SMILES string of the molecule is CNC(=O)c1ccc(N)c(NC2CC2(C)C)c1. The molecule has 4 heteroatoms. The summed E-state index contributed by atoms with van der Waals surface area (Å²) >= 11 is 0. The zero-order chi connectivity index (χ0) is 12.6. The summed E-state index contributed by atoms with van der Waals surface area (Å²) in [6, 6.07) is 5.76. The standard InChI is InChI=1S/C13H19N3O/c1-13(2)7-11(13)16-10-6-8(12(17)15-3)4-5-9(10)14/h4-6,11,16H,7,14H2,1-3H3,(H,15,17). The molecule has 0 bridgehead atoms. The Hall–Kier alpha value is -1.71. The molecule has 1 aromatic rings. The lowest BCUT2D eigenvalue weighted by molar-refractivity contribution is 0.0963. The third-order valence-corrected chi connectivity index (χ3v) is 3.39. The number of nitrogen functional groups attached to an aromatic ring is 1. The van der Waals surface area contributed by atoms with Gasteiger partial charge in [-0.05, 0) is 30.0 Å². The number of rotatable bonds is 3. The molecule has 0 heterocycles. The molecule has 0 saturated heterocycles. The maximum atomic E-state index is 11.5. The zero-order valence-electron chi connectivity index (χ0n) is 10.5. The highest BCUT2D eigenvalue weighted by molar-refractivity contribution is 5.96. The number of carbonyl (C=O) groups is 1. The molecule has 0 aliphatic heterocycles. The molecule has 1 atom stereocenters. The van der Waals surface area contributed by atoms with E-state index in [9.17, 15) is 4.79 Å². The lowest BCUT2D eigenvalue weighted by Gasteiger charge is -2.12. The van der Waals surface area contributed by atoms with Crippen molar-refractivity contribution in [3.63, 3.8) is 0 Å². The summed E-state index contributed by atoms with van der Waals surface area (Å²) in [5.41, 5.74) is 8.39. The largest absolute Gasteiger partial charge is 0.397 e. The topological polar surface area (TPSA) is 67.2 Å². The van der Waals surface area contributed by atoms with Crippen LogP contribution in [0.15, 0.2) is 18.2 Å². The van der Waals surface area contributed by atoms with Gasteiger partial charge in [-0.3, -0.25) is 4.79 Å². The number of benzene rings is 1. The first kappa shape index (κ1) is 11.8. The highest BCUT2D eigenvalue weighted by Gasteiger charge is 2.45. The van der Waals surface area contributed by atoms with Crippen LogP contribution in [0.1, 0.15) is 30.6 Å². The summed E-state index contributed by atoms with van der Waals surface area (Å²) < 4.78 is 0. The Labute approximate surface area is 102 Å². The fourth-order valence-electron chi connectivity index (χ4n) is 1.87. The second-order valence-electron chi connectivity index (χ2n) is 5.27. The molecule has 1 aromatic carbocycles. The summed E-state index contributed by atoms with van der Waals surface area (Å²) in [6.45, 7) is 4.42. The average molecular weight is 233 g/mol. The Balaban J connectivity index is 2.18. The van der Waals surface area contributed by atoms with E-state index in [1.54, 1.807) is 19.2 Å². The van der Waals surface area contributed by atoms with Crippen LogP contribution in [0, 0.1) is 5.41 Å². The fraction of sp³-hybridized carbons (Fsp3) is 0.462. The molecule has 17 heavy (non-hydrogen) atoms. The summed E-state index contributed by atoms with van der Waals surface area (Å²) in [4.78, 5) is 11.5. The molecule has 0 spiro atoms. The molecule has 4 nitrogen and oxygen atoms in total. The normalized spacial score (nSPS) is 20.8. The van der Waals surface area contributed by atoms with Crippen LogP contribution in [0.4, 0.5) is 11.4 Å². The maximum absolute atomic E-state index is 11.5. The molecule has 0 radical (unpaired) electrons. The second kappa shape index (κ2) is 3.95. The summed E-state index contributed by atoms with van der Waals surface area (Å²) in [6.07, 6.45) is 1.14. The van der Waals surface area contributed by atoms with Crippen LogP contribution < -0.4 is 16.4 Å². The molecule has 1 amide bonds. The predicted molar refractivity (Wildman–Crippen MR) is 70.1 cm³/mol. The highest BCUT2D eigenvalue weighted by atomic mass is 16.1. The number of nitrogens with one attached hydrogen (secondary N) is 2. The Morgan fingerprint density at radius 3 is 2.65 bits per heavy atom. The van der Waals surface area contributed by atoms with Crippen LogP contribution in [0.5, 0.6) is 0 Å². The van der Waals surface area contributed by atoms with E-state index in [1.807, 2.05) is 6.07 Å². The molecule has 4 N–H and O–H groups in total. The molecular formula is C13H19N3O. The number of hydrogen-bond donors (Lipinski definition) is 3. The Bertz CT molecular complexity index is 454. The van der Waals surface area contributed by atoms with Crippen molar-refractivity contribution in [2.45, 2.75) is 26.3 Å². The lowest BCUT2D eigenvalue weighted by atomic mass is 10.1. The van der Waals surface area contributed by atoms with Crippen LogP contribution >= 0.6 is 0 Å². The monoisotopic (exact) mass is 233 g/mol. The third-order valence-electron chi connectivity index (χ3n) is 3.39. The maximum Gasteiger partial charge on any atom is 0.251 e. The van der Waals surface area contributed by atoms with Gasteiger partial charge in [0.2, 0.25) is 0 Å². The van der Waals surface area contributed by atoms with Crippen molar-refractivity contribution in [1.82, 2.24) is 5.32 Å². The van der Waals surface area contributed by atoms with Crippen molar-refractivity contribution < 1.29 is 4.79 Å². The van der Waals surface area contributed by atoms with Gasteiger partial charge in [-0.2, -0.15) is 0 Å².